The third-order valence-electron chi connectivity index (χ3n) is 2.63. The van der Waals surface area contributed by atoms with Gasteiger partial charge in [-0.2, -0.15) is 0 Å². The summed E-state index contributed by atoms with van der Waals surface area (Å²) in [5, 5.41) is 12.3. The van der Waals surface area contributed by atoms with Gasteiger partial charge in [0.15, 0.2) is 0 Å². The minimum atomic E-state index is -0.238. The molecular formula is C14H11BrClNO2. The molecule has 0 radical (unpaired) electrons. The largest absolute Gasteiger partial charge is 0.508 e. The Bertz CT molecular complexity index is 643. The van der Waals surface area contributed by atoms with Crippen molar-refractivity contribution in [3.05, 3.63) is 57.0 Å². The molecule has 2 aromatic rings. The zero-order valence-electron chi connectivity index (χ0n) is 10.1. The van der Waals surface area contributed by atoms with Crippen LogP contribution in [0.5, 0.6) is 5.75 Å². The third kappa shape index (κ3) is 3.28. The van der Waals surface area contributed by atoms with Crippen molar-refractivity contribution in [1.29, 1.82) is 0 Å². The van der Waals surface area contributed by atoms with E-state index in [2.05, 4.69) is 21.2 Å². The highest BCUT2D eigenvalue weighted by molar-refractivity contribution is 9.10. The Hall–Kier alpha value is -1.52. The molecule has 0 atom stereocenters. The maximum Gasteiger partial charge on any atom is 0.255 e. The highest BCUT2D eigenvalue weighted by Crippen LogP contribution is 2.26. The average Bonchev–Trinajstić information content (AvgIpc) is 2.32. The lowest BCUT2D eigenvalue weighted by Gasteiger charge is -2.09. The van der Waals surface area contributed by atoms with Crippen LogP contribution in [-0.2, 0) is 0 Å². The van der Waals surface area contributed by atoms with Crippen LogP contribution in [-0.4, -0.2) is 11.0 Å². The van der Waals surface area contributed by atoms with E-state index in [0.29, 0.717) is 16.3 Å². The molecule has 98 valence electrons. The number of carbonyl (C=O) groups excluding carboxylic acids is 1. The fourth-order valence-electron chi connectivity index (χ4n) is 1.68. The lowest BCUT2D eigenvalue weighted by Crippen LogP contribution is -2.13. The Labute approximate surface area is 124 Å². The predicted octanol–water partition coefficient (Wildman–Crippen LogP) is 4.37. The Morgan fingerprint density at radius 2 is 2.00 bits per heavy atom. The van der Waals surface area contributed by atoms with E-state index in [-0.39, 0.29) is 11.7 Å². The van der Waals surface area contributed by atoms with Gasteiger partial charge in [-0.25, -0.2) is 0 Å². The van der Waals surface area contributed by atoms with E-state index in [0.717, 1.165) is 10.0 Å². The number of benzene rings is 2. The predicted molar refractivity (Wildman–Crippen MR) is 79.9 cm³/mol. The van der Waals surface area contributed by atoms with Crippen LogP contribution < -0.4 is 5.32 Å². The lowest BCUT2D eigenvalue weighted by molar-refractivity contribution is 0.102. The fourth-order valence-corrected chi connectivity index (χ4v) is 2.37. The van der Waals surface area contributed by atoms with Gasteiger partial charge in [0.2, 0.25) is 0 Å². The summed E-state index contributed by atoms with van der Waals surface area (Å²) in [6, 6.07) is 9.82. The third-order valence-corrected chi connectivity index (χ3v) is 3.44. The zero-order chi connectivity index (χ0) is 14.0. The van der Waals surface area contributed by atoms with Gasteiger partial charge in [-0.05, 0) is 42.8 Å². The topological polar surface area (TPSA) is 49.3 Å². The highest BCUT2D eigenvalue weighted by Gasteiger charge is 2.11. The van der Waals surface area contributed by atoms with Gasteiger partial charge in [0, 0.05) is 16.1 Å². The van der Waals surface area contributed by atoms with Crippen LogP contribution in [0.15, 0.2) is 40.9 Å². The van der Waals surface area contributed by atoms with Gasteiger partial charge in [0.25, 0.3) is 5.91 Å². The number of halogens is 2. The van der Waals surface area contributed by atoms with E-state index in [9.17, 15) is 9.90 Å². The molecule has 0 aliphatic rings. The number of anilines is 1. The molecular weight excluding hydrogens is 330 g/mol. The van der Waals surface area contributed by atoms with Crippen LogP contribution >= 0.6 is 27.5 Å². The van der Waals surface area contributed by atoms with E-state index >= 15 is 0 Å². The minimum absolute atomic E-state index is 0.0582. The van der Waals surface area contributed by atoms with Gasteiger partial charge >= 0.3 is 0 Å². The normalized spacial score (nSPS) is 10.3. The summed E-state index contributed by atoms with van der Waals surface area (Å²) in [6.07, 6.45) is 0. The first-order chi connectivity index (χ1) is 8.97. The summed E-state index contributed by atoms with van der Waals surface area (Å²) in [4.78, 5) is 12.1. The number of aromatic hydroxyl groups is 1. The van der Waals surface area contributed by atoms with Gasteiger partial charge in [-0.15, -0.1) is 0 Å². The first-order valence-electron chi connectivity index (χ1n) is 5.53. The van der Waals surface area contributed by atoms with E-state index in [4.69, 9.17) is 11.6 Å². The molecule has 0 aromatic heterocycles. The Morgan fingerprint density at radius 3 is 2.63 bits per heavy atom. The van der Waals surface area contributed by atoms with Crippen LogP contribution in [0.25, 0.3) is 0 Å². The second kappa shape index (κ2) is 5.63. The number of carbonyl (C=O) groups is 1. The number of aryl methyl sites for hydroxylation is 1. The molecule has 0 heterocycles. The molecule has 0 unspecified atom stereocenters. The average molecular weight is 341 g/mol. The molecule has 2 rings (SSSR count). The maximum absolute atomic E-state index is 12.1. The van der Waals surface area contributed by atoms with Crippen molar-refractivity contribution < 1.29 is 9.90 Å². The monoisotopic (exact) mass is 339 g/mol. The van der Waals surface area contributed by atoms with Crippen LogP contribution in [0.3, 0.4) is 0 Å². The zero-order valence-corrected chi connectivity index (χ0v) is 12.4. The fraction of sp³-hybridized carbons (Fsp3) is 0.0714. The lowest BCUT2D eigenvalue weighted by atomic mass is 10.1. The van der Waals surface area contributed by atoms with E-state index in [1.54, 1.807) is 18.2 Å². The summed E-state index contributed by atoms with van der Waals surface area (Å²) in [5.41, 5.74) is 1.90. The highest BCUT2D eigenvalue weighted by atomic mass is 79.9. The number of phenolic OH excluding ortho intramolecular Hbond substituents is 1. The second-order valence-corrected chi connectivity index (χ2v) is 5.40. The molecule has 0 spiro atoms. The van der Waals surface area contributed by atoms with Gasteiger partial charge < -0.3 is 10.4 Å². The number of hydrogen-bond donors (Lipinski definition) is 2. The summed E-state index contributed by atoms with van der Waals surface area (Å²) in [6.45, 7) is 1.86. The van der Waals surface area contributed by atoms with Gasteiger partial charge in [0.05, 0.1) is 10.7 Å². The molecule has 0 aliphatic heterocycles. The molecule has 2 aromatic carbocycles. The Morgan fingerprint density at radius 1 is 1.26 bits per heavy atom. The number of amides is 1. The molecule has 0 fully saturated rings. The first-order valence-corrected chi connectivity index (χ1v) is 6.70. The van der Waals surface area contributed by atoms with Crippen molar-refractivity contribution in [1.82, 2.24) is 0 Å². The van der Waals surface area contributed by atoms with Crippen LogP contribution in [0.2, 0.25) is 5.02 Å². The van der Waals surface area contributed by atoms with Crippen molar-refractivity contribution >= 4 is 39.1 Å². The molecule has 0 saturated carbocycles. The Kier molecular flexibility index (Phi) is 4.12. The van der Waals surface area contributed by atoms with Crippen molar-refractivity contribution in [3.8, 4) is 5.75 Å². The van der Waals surface area contributed by atoms with Crippen LogP contribution in [0.1, 0.15) is 15.9 Å². The smallest absolute Gasteiger partial charge is 0.255 e. The molecule has 5 heteroatoms. The molecule has 0 saturated heterocycles. The van der Waals surface area contributed by atoms with Gasteiger partial charge in [0.1, 0.15) is 5.75 Å². The standard InChI is InChI=1S/C14H11BrClNO2/c1-8-6-9(15)2-4-11(8)14(19)17-13-5-3-10(18)7-12(13)16/h2-7,18H,1H3,(H,17,19). The van der Waals surface area contributed by atoms with Crippen LogP contribution in [0.4, 0.5) is 5.69 Å². The van der Waals surface area contributed by atoms with Gasteiger partial charge in [-0.1, -0.05) is 27.5 Å². The quantitative estimate of drug-likeness (QED) is 0.798. The van der Waals surface area contributed by atoms with E-state index in [1.807, 2.05) is 13.0 Å². The SMILES string of the molecule is Cc1cc(Br)ccc1C(=O)Nc1ccc(O)cc1Cl. The van der Waals surface area contributed by atoms with E-state index in [1.165, 1.54) is 12.1 Å². The molecule has 2 N–H and O–H groups in total. The van der Waals surface area contributed by atoms with Gasteiger partial charge in [-0.3, -0.25) is 4.79 Å². The molecule has 19 heavy (non-hydrogen) atoms. The number of hydrogen-bond acceptors (Lipinski definition) is 2. The molecule has 3 nitrogen and oxygen atoms in total. The number of phenols is 1. The number of nitrogens with one attached hydrogen (secondary N) is 1. The second-order valence-electron chi connectivity index (χ2n) is 4.08. The van der Waals surface area contributed by atoms with E-state index < -0.39 is 0 Å². The van der Waals surface area contributed by atoms with Crippen molar-refractivity contribution in [2.45, 2.75) is 6.92 Å². The molecule has 1 amide bonds. The minimum Gasteiger partial charge on any atom is -0.508 e. The van der Waals surface area contributed by atoms with Crippen molar-refractivity contribution in [2.75, 3.05) is 5.32 Å². The summed E-state index contributed by atoms with van der Waals surface area (Å²) in [7, 11) is 0. The van der Waals surface area contributed by atoms with Crippen molar-refractivity contribution in [2.24, 2.45) is 0 Å². The maximum atomic E-state index is 12.1. The first kappa shape index (κ1) is 13.9. The molecule has 0 bridgehead atoms. The molecule has 0 aliphatic carbocycles. The number of rotatable bonds is 2. The summed E-state index contributed by atoms with van der Waals surface area (Å²) < 4.78 is 0.921. The van der Waals surface area contributed by atoms with Crippen LogP contribution in [0, 0.1) is 6.92 Å². The Balaban J connectivity index is 2.25. The summed E-state index contributed by atoms with van der Waals surface area (Å²) >= 11 is 9.30. The van der Waals surface area contributed by atoms with Crippen molar-refractivity contribution in [3.63, 3.8) is 0 Å². The summed E-state index contributed by atoms with van der Waals surface area (Å²) in [5.74, 6) is -0.180.